The van der Waals surface area contributed by atoms with Gasteiger partial charge in [0.1, 0.15) is 5.69 Å². The minimum Gasteiger partial charge on any atom is -0.378 e. The second kappa shape index (κ2) is 7.31. The fourth-order valence-corrected chi connectivity index (χ4v) is 2.80. The van der Waals surface area contributed by atoms with Gasteiger partial charge in [-0.2, -0.15) is 0 Å². The van der Waals surface area contributed by atoms with Crippen LogP contribution in [0, 0.1) is 17.0 Å². The van der Waals surface area contributed by atoms with Crippen molar-refractivity contribution in [2.45, 2.75) is 6.92 Å². The minimum absolute atomic E-state index is 0.0311. The largest absolute Gasteiger partial charge is 0.378 e. The number of ether oxygens (including phenoxy) is 1. The quantitative estimate of drug-likeness (QED) is 0.682. The van der Waals surface area contributed by atoms with Crippen LogP contribution in [0.1, 0.15) is 15.9 Å². The zero-order valence-corrected chi connectivity index (χ0v) is 13.9. The van der Waals surface area contributed by atoms with Crippen molar-refractivity contribution in [3.05, 3.63) is 63.7 Å². The van der Waals surface area contributed by atoms with E-state index in [0.29, 0.717) is 48.8 Å². The lowest BCUT2D eigenvalue weighted by molar-refractivity contribution is -0.384. The van der Waals surface area contributed by atoms with Crippen LogP contribution in [0.15, 0.2) is 42.5 Å². The summed E-state index contributed by atoms with van der Waals surface area (Å²) in [6, 6.07) is 12.1. The van der Waals surface area contributed by atoms with Crippen LogP contribution in [-0.4, -0.2) is 42.0 Å². The number of morpholine rings is 1. The molecule has 7 heteroatoms. The molecule has 0 bridgehead atoms. The van der Waals surface area contributed by atoms with Crippen molar-refractivity contribution < 1.29 is 14.5 Å². The maximum atomic E-state index is 12.4. The zero-order chi connectivity index (χ0) is 17.8. The molecule has 1 heterocycles. The van der Waals surface area contributed by atoms with E-state index in [9.17, 15) is 14.9 Å². The minimum atomic E-state index is -0.395. The number of nitrogens with zero attached hydrogens (tertiary/aromatic N) is 2. The lowest BCUT2D eigenvalue weighted by Gasteiger charge is -2.26. The number of benzene rings is 2. The Labute approximate surface area is 145 Å². The highest BCUT2D eigenvalue weighted by atomic mass is 16.6. The maximum Gasteiger partial charge on any atom is 0.295 e. The third kappa shape index (κ3) is 3.77. The Bertz CT molecular complexity index is 783. The second-order valence-electron chi connectivity index (χ2n) is 5.84. The van der Waals surface area contributed by atoms with Crippen LogP contribution in [0.4, 0.5) is 17.1 Å². The Kier molecular flexibility index (Phi) is 4.95. The number of anilines is 2. The highest BCUT2D eigenvalue weighted by Gasteiger charge is 2.19. The number of carbonyl (C=O) groups is 1. The van der Waals surface area contributed by atoms with Gasteiger partial charge in [0.15, 0.2) is 0 Å². The first-order valence-corrected chi connectivity index (χ1v) is 8.04. The molecule has 0 unspecified atom stereocenters. The van der Waals surface area contributed by atoms with Crippen molar-refractivity contribution in [1.82, 2.24) is 4.90 Å². The van der Waals surface area contributed by atoms with Crippen LogP contribution in [0.3, 0.4) is 0 Å². The number of aryl methyl sites for hydroxylation is 1. The Morgan fingerprint density at radius 1 is 1.16 bits per heavy atom. The van der Waals surface area contributed by atoms with Crippen molar-refractivity contribution in [2.75, 3.05) is 31.6 Å². The molecule has 1 saturated heterocycles. The van der Waals surface area contributed by atoms with Crippen molar-refractivity contribution >= 4 is 23.0 Å². The average molecular weight is 341 g/mol. The highest BCUT2D eigenvalue weighted by molar-refractivity contribution is 5.94. The third-order valence-electron chi connectivity index (χ3n) is 4.13. The van der Waals surface area contributed by atoms with Crippen LogP contribution < -0.4 is 5.32 Å². The maximum absolute atomic E-state index is 12.4. The van der Waals surface area contributed by atoms with Gasteiger partial charge in [-0.3, -0.25) is 14.9 Å². The number of hydrogen-bond donors (Lipinski definition) is 1. The van der Waals surface area contributed by atoms with E-state index in [1.54, 1.807) is 54.3 Å². The van der Waals surface area contributed by atoms with Crippen LogP contribution in [0.25, 0.3) is 0 Å². The van der Waals surface area contributed by atoms with Crippen LogP contribution in [-0.2, 0) is 4.74 Å². The molecule has 1 aliphatic heterocycles. The Morgan fingerprint density at radius 3 is 2.48 bits per heavy atom. The lowest BCUT2D eigenvalue weighted by Crippen LogP contribution is -2.40. The van der Waals surface area contributed by atoms with Gasteiger partial charge in [0.25, 0.3) is 11.6 Å². The van der Waals surface area contributed by atoms with Crippen molar-refractivity contribution in [3.63, 3.8) is 0 Å². The molecule has 0 aliphatic carbocycles. The average Bonchev–Trinajstić information content (AvgIpc) is 2.62. The molecule has 2 aromatic rings. The van der Waals surface area contributed by atoms with E-state index in [4.69, 9.17) is 4.74 Å². The van der Waals surface area contributed by atoms with Crippen molar-refractivity contribution in [2.24, 2.45) is 0 Å². The van der Waals surface area contributed by atoms with E-state index in [0.717, 1.165) is 0 Å². The van der Waals surface area contributed by atoms with Gasteiger partial charge in [-0.15, -0.1) is 0 Å². The van der Waals surface area contributed by atoms with Crippen LogP contribution in [0.5, 0.6) is 0 Å². The number of carbonyl (C=O) groups excluding carboxylic acids is 1. The van der Waals surface area contributed by atoms with E-state index in [1.165, 1.54) is 0 Å². The molecule has 130 valence electrons. The summed E-state index contributed by atoms with van der Waals surface area (Å²) in [7, 11) is 0. The molecule has 3 rings (SSSR count). The molecule has 0 aromatic heterocycles. The van der Waals surface area contributed by atoms with E-state index >= 15 is 0 Å². The normalized spacial score (nSPS) is 14.2. The highest BCUT2D eigenvalue weighted by Crippen LogP contribution is 2.30. The standard InChI is InChI=1S/C18H19N3O4/c1-13-3-2-4-16(17(13)21(23)24)19-15-7-5-14(6-8-15)18(22)20-9-11-25-12-10-20/h2-8,19H,9-12H2,1H3. The summed E-state index contributed by atoms with van der Waals surface area (Å²) >= 11 is 0. The number of hydrogen-bond acceptors (Lipinski definition) is 5. The smallest absolute Gasteiger partial charge is 0.295 e. The summed E-state index contributed by atoms with van der Waals surface area (Å²) in [5, 5.41) is 14.3. The van der Waals surface area contributed by atoms with E-state index in [-0.39, 0.29) is 11.6 Å². The molecule has 0 radical (unpaired) electrons. The zero-order valence-electron chi connectivity index (χ0n) is 13.9. The Balaban J connectivity index is 1.76. The molecule has 1 fully saturated rings. The first kappa shape index (κ1) is 16.9. The van der Waals surface area contributed by atoms with Crippen molar-refractivity contribution in [1.29, 1.82) is 0 Å². The van der Waals surface area contributed by atoms with Crippen LogP contribution >= 0.6 is 0 Å². The molecule has 0 saturated carbocycles. The van der Waals surface area contributed by atoms with Gasteiger partial charge >= 0.3 is 0 Å². The van der Waals surface area contributed by atoms with Crippen molar-refractivity contribution in [3.8, 4) is 0 Å². The van der Waals surface area contributed by atoms with E-state index in [2.05, 4.69) is 5.32 Å². The van der Waals surface area contributed by atoms with Crippen LogP contribution in [0.2, 0.25) is 0 Å². The van der Waals surface area contributed by atoms with Gasteiger partial charge in [0, 0.05) is 29.9 Å². The fraction of sp³-hybridized carbons (Fsp3) is 0.278. The number of nitro groups is 1. The molecule has 1 amide bonds. The number of para-hydroxylation sites is 1. The Morgan fingerprint density at radius 2 is 1.84 bits per heavy atom. The first-order valence-electron chi connectivity index (χ1n) is 8.04. The van der Waals surface area contributed by atoms with Gasteiger partial charge in [0.05, 0.1) is 18.1 Å². The fourth-order valence-electron chi connectivity index (χ4n) is 2.80. The van der Waals surface area contributed by atoms with E-state index < -0.39 is 4.92 Å². The lowest BCUT2D eigenvalue weighted by atomic mass is 10.1. The molecule has 1 N–H and O–H groups in total. The first-order chi connectivity index (χ1) is 12.1. The molecule has 0 spiro atoms. The predicted octanol–water partition coefficient (Wildman–Crippen LogP) is 3.12. The third-order valence-corrected chi connectivity index (χ3v) is 4.13. The van der Waals surface area contributed by atoms with Gasteiger partial charge in [0.2, 0.25) is 0 Å². The number of rotatable bonds is 4. The topological polar surface area (TPSA) is 84.7 Å². The molecule has 25 heavy (non-hydrogen) atoms. The van der Waals surface area contributed by atoms with Gasteiger partial charge in [-0.1, -0.05) is 12.1 Å². The summed E-state index contributed by atoms with van der Waals surface area (Å²) < 4.78 is 5.25. The van der Waals surface area contributed by atoms with Gasteiger partial charge in [-0.25, -0.2) is 0 Å². The monoisotopic (exact) mass is 341 g/mol. The molecule has 0 atom stereocenters. The second-order valence-corrected chi connectivity index (χ2v) is 5.84. The van der Waals surface area contributed by atoms with Gasteiger partial charge < -0.3 is 15.0 Å². The number of nitro benzene ring substituents is 1. The van der Waals surface area contributed by atoms with E-state index in [1.807, 2.05) is 0 Å². The molecule has 2 aromatic carbocycles. The SMILES string of the molecule is Cc1cccc(Nc2ccc(C(=O)N3CCOCC3)cc2)c1[N+](=O)[O-]. The molecule has 1 aliphatic rings. The summed E-state index contributed by atoms with van der Waals surface area (Å²) in [6.07, 6.45) is 0. The number of nitrogens with one attached hydrogen (secondary N) is 1. The molecular formula is C18H19N3O4. The van der Waals surface area contributed by atoms with Gasteiger partial charge in [-0.05, 0) is 37.3 Å². The Hall–Kier alpha value is -2.93. The molecular weight excluding hydrogens is 322 g/mol. The summed E-state index contributed by atoms with van der Waals surface area (Å²) in [5.74, 6) is -0.0311. The summed E-state index contributed by atoms with van der Waals surface area (Å²) in [4.78, 5) is 25.0. The molecule has 7 nitrogen and oxygen atoms in total. The summed E-state index contributed by atoms with van der Waals surface area (Å²) in [6.45, 7) is 4.00. The number of amides is 1. The summed E-state index contributed by atoms with van der Waals surface area (Å²) in [5.41, 5.74) is 2.35. The predicted molar refractivity (Wildman–Crippen MR) is 94.3 cm³/mol.